The third kappa shape index (κ3) is 7.08. The van der Waals surface area contributed by atoms with Crippen LogP contribution in [0.4, 0.5) is 0 Å². The monoisotopic (exact) mass is 362 g/mol. The molecule has 1 saturated heterocycles. The van der Waals surface area contributed by atoms with Crippen molar-refractivity contribution < 1.29 is 9.53 Å². The number of rotatable bonds is 5. The highest BCUT2D eigenvalue weighted by Gasteiger charge is 2.23. The van der Waals surface area contributed by atoms with Crippen molar-refractivity contribution in [3.8, 4) is 5.75 Å². The lowest BCUT2D eigenvalue weighted by Gasteiger charge is -2.36. The minimum atomic E-state index is -0.269. The van der Waals surface area contributed by atoms with E-state index >= 15 is 0 Å². The standard InChI is InChI=1S/C17H26N2O2.2ClH/c1-13(2)11-17(19-9-7-18-8-10-19)15-5-4-6-16(12-15)21-14(3)20;;/h4-6,12-13,17-18H,7-11H2,1-3H3;2*1H/t17-;;/m1../s1. The zero-order chi connectivity index (χ0) is 15.2. The molecule has 0 aromatic heterocycles. The first kappa shape index (κ1) is 22.2. The highest BCUT2D eigenvalue weighted by Crippen LogP contribution is 2.30. The molecule has 1 N–H and O–H groups in total. The fourth-order valence-electron chi connectivity index (χ4n) is 2.89. The predicted octanol–water partition coefficient (Wildman–Crippen LogP) is 3.45. The van der Waals surface area contributed by atoms with Gasteiger partial charge in [0, 0.05) is 39.1 Å². The zero-order valence-electron chi connectivity index (χ0n) is 14.1. The van der Waals surface area contributed by atoms with Crippen LogP contribution < -0.4 is 10.1 Å². The zero-order valence-corrected chi connectivity index (χ0v) is 15.7. The van der Waals surface area contributed by atoms with Crippen molar-refractivity contribution in [2.24, 2.45) is 5.92 Å². The molecular weight excluding hydrogens is 335 g/mol. The molecule has 1 fully saturated rings. The number of carbonyl (C=O) groups excluding carboxylic acids is 1. The van der Waals surface area contributed by atoms with Gasteiger partial charge in [-0.3, -0.25) is 9.69 Å². The van der Waals surface area contributed by atoms with E-state index in [1.54, 1.807) is 0 Å². The number of piperazine rings is 1. The lowest BCUT2D eigenvalue weighted by molar-refractivity contribution is -0.131. The SMILES string of the molecule is CC(=O)Oc1cccc([C@@H](CC(C)C)N2CCNCC2)c1.Cl.Cl. The van der Waals surface area contributed by atoms with Gasteiger partial charge in [0.15, 0.2) is 0 Å². The molecular formula is C17H28Cl2N2O2. The summed E-state index contributed by atoms with van der Waals surface area (Å²) in [6.07, 6.45) is 1.11. The summed E-state index contributed by atoms with van der Waals surface area (Å²) in [6.45, 7) is 10.2. The van der Waals surface area contributed by atoms with Gasteiger partial charge in [-0.25, -0.2) is 0 Å². The topological polar surface area (TPSA) is 41.6 Å². The first-order chi connectivity index (χ1) is 10.1. The second kappa shape index (κ2) is 10.9. The molecule has 0 unspecified atom stereocenters. The first-order valence-electron chi connectivity index (χ1n) is 7.79. The van der Waals surface area contributed by atoms with Gasteiger partial charge in [-0.2, -0.15) is 0 Å². The lowest BCUT2D eigenvalue weighted by atomic mass is 9.95. The van der Waals surface area contributed by atoms with E-state index in [1.165, 1.54) is 12.5 Å². The summed E-state index contributed by atoms with van der Waals surface area (Å²) in [5, 5.41) is 3.40. The van der Waals surface area contributed by atoms with Gasteiger partial charge in [-0.05, 0) is 30.0 Å². The Bertz CT molecular complexity index is 477. The first-order valence-corrected chi connectivity index (χ1v) is 7.79. The highest BCUT2D eigenvalue weighted by molar-refractivity contribution is 5.85. The van der Waals surface area contributed by atoms with E-state index in [2.05, 4.69) is 30.1 Å². The number of halogens is 2. The average molecular weight is 363 g/mol. The van der Waals surface area contributed by atoms with Gasteiger partial charge in [0.25, 0.3) is 0 Å². The Morgan fingerprint density at radius 2 is 1.91 bits per heavy atom. The molecule has 4 nitrogen and oxygen atoms in total. The molecule has 1 atom stereocenters. The Kier molecular flexibility index (Phi) is 10.5. The number of esters is 1. The van der Waals surface area contributed by atoms with Crippen LogP contribution in [0, 0.1) is 5.92 Å². The van der Waals surface area contributed by atoms with Gasteiger partial charge in [0.05, 0.1) is 0 Å². The maximum absolute atomic E-state index is 11.1. The summed E-state index contributed by atoms with van der Waals surface area (Å²) in [5.41, 5.74) is 1.24. The molecule has 1 aromatic carbocycles. The molecule has 132 valence electrons. The van der Waals surface area contributed by atoms with Crippen LogP contribution in [0.1, 0.15) is 38.8 Å². The molecule has 0 bridgehead atoms. The fourth-order valence-corrected chi connectivity index (χ4v) is 2.89. The van der Waals surface area contributed by atoms with Crippen molar-refractivity contribution in [2.75, 3.05) is 26.2 Å². The summed E-state index contributed by atoms with van der Waals surface area (Å²) in [7, 11) is 0. The third-order valence-corrected chi connectivity index (χ3v) is 3.79. The lowest BCUT2D eigenvalue weighted by Crippen LogP contribution is -2.45. The number of benzene rings is 1. The van der Waals surface area contributed by atoms with Crippen LogP contribution in [0.5, 0.6) is 5.75 Å². The molecule has 1 heterocycles. The molecule has 0 spiro atoms. The molecule has 23 heavy (non-hydrogen) atoms. The average Bonchev–Trinajstić information content (AvgIpc) is 2.45. The van der Waals surface area contributed by atoms with E-state index in [-0.39, 0.29) is 30.8 Å². The fraction of sp³-hybridized carbons (Fsp3) is 0.588. The molecule has 0 saturated carbocycles. The molecule has 0 aliphatic carbocycles. The Labute approximate surface area is 151 Å². The maximum Gasteiger partial charge on any atom is 0.308 e. The summed E-state index contributed by atoms with van der Waals surface area (Å²) in [4.78, 5) is 13.7. The van der Waals surface area contributed by atoms with Crippen LogP contribution in [0.15, 0.2) is 24.3 Å². The van der Waals surface area contributed by atoms with Gasteiger partial charge >= 0.3 is 5.97 Å². The van der Waals surface area contributed by atoms with Gasteiger partial charge in [-0.15, -0.1) is 24.8 Å². The molecule has 0 radical (unpaired) electrons. The van der Waals surface area contributed by atoms with E-state index in [9.17, 15) is 4.79 Å². The summed E-state index contributed by atoms with van der Waals surface area (Å²) in [5.74, 6) is 1.00. The number of hydrogen-bond donors (Lipinski definition) is 1. The van der Waals surface area contributed by atoms with Crippen LogP contribution in [0.2, 0.25) is 0 Å². The second-order valence-corrected chi connectivity index (χ2v) is 6.10. The Morgan fingerprint density at radius 3 is 2.48 bits per heavy atom. The highest BCUT2D eigenvalue weighted by atomic mass is 35.5. The van der Waals surface area contributed by atoms with Crippen molar-refractivity contribution in [3.05, 3.63) is 29.8 Å². The summed E-state index contributed by atoms with van der Waals surface area (Å²) < 4.78 is 5.23. The van der Waals surface area contributed by atoms with Crippen molar-refractivity contribution in [2.45, 2.75) is 33.2 Å². The number of hydrogen-bond acceptors (Lipinski definition) is 4. The Balaban J connectivity index is 0.00000242. The smallest absolute Gasteiger partial charge is 0.308 e. The number of ether oxygens (including phenoxy) is 1. The van der Waals surface area contributed by atoms with E-state index < -0.39 is 0 Å². The van der Waals surface area contributed by atoms with Crippen molar-refractivity contribution in [3.63, 3.8) is 0 Å². The summed E-state index contributed by atoms with van der Waals surface area (Å²) in [6, 6.07) is 8.36. The summed E-state index contributed by atoms with van der Waals surface area (Å²) >= 11 is 0. The van der Waals surface area contributed by atoms with E-state index in [4.69, 9.17) is 4.74 Å². The van der Waals surface area contributed by atoms with Crippen LogP contribution in [0.3, 0.4) is 0 Å². The van der Waals surface area contributed by atoms with E-state index in [0.29, 0.717) is 17.7 Å². The largest absolute Gasteiger partial charge is 0.427 e. The predicted molar refractivity (Wildman–Crippen MR) is 98.9 cm³/mol. The third-order valence-electron chi connectivity index (χ3n) is 3.79. The minimum Gasteiger partial charge on any atom is -0.427 e. The quantitative estimate of drug-likeness (QED) is 0.643. The van der Waals surface area contributed by atoms with Gasteiger partial charge in [0.2, 0.25) is 0 Å². The molecule has 1 aromatic rings. The van der Waals surface area contributed by atoms with E-state index in [1.807, 2.05) is 18.2 Å². The minimum absolute atomic E-state index is 0. The Hall–Kier alpha value is -0.810. The van der Waals surface area contributed by atoms with Crippen LogP contribution in [0.25, 0.3) is 0 Å². The van der Waals surface area contributed by atoms with Crippen molar-refractivity contribution >= 4 is 30.8 Å². The molecule has 0 amide bonds. The van der Waals surface area contributed by atoms with Crippen molar-refractivity contribution in [1.82, 2.24) is 10.2 Å². The van der Waals surface area contributed by atoms with E-state index in [0.717, 1.165) is 32.6 Å². The second-order valence-electron chi connectivity index (χ2n) is 6.10. The molecule has 6 heteroatoms. The van der Waals surface area contributed by atoms with Gasteiger partial charge < -0.3 is 10.1 Å². The van der Waals surface area contributed by atoms with Gasteiger partial charge in [-0.1, -0.05) is 26.0 Å². The van der Waals surface area contributed by atoms with Crippen molar-refractivity contribution in [1.29, 1.82) is 0 Å². The van der Waals surface area contributed by atoms with Crippen LogP contribution in [-0.4, -0.2) is 37.0 Å². The van der Waals surface area contributed by atoms with Crippen LogP contribution >= 0.6 is 24.8 Å². The molecule has 1 aliphatic rings. The maximum atomic E-state index is 11.1. The Morgan fingerprint density at radius 1 is 1.26 bits per heavy atom. The number of nitrogens with zero attached hydrogens (tertiary/aromatic N) is 1. The number of carbonyl (C=O) groups is 1. The molecule has 1 aliphatic heterocycles. The normalized spacial score (nSPS) is 16.2. The number of nitrogens with one attached hydrogen (secondary N) is 1. The van der Waals surface area contributed by atoms with Crippen LogP contribution in [-0.2, 0) is 4.79 Å². The molecule has 2 rings (SSSR count). The van der Waals surface area contributed by atoms with Gasteiger partial charge in [0.1, 0.15) is 5.75 Å².